The van der Waals surface area contributed by atoms with Crippen LogP contribution in [0.15, 0.2) is 58.1 Å². The Kier molecular flexibility index (Phi) is 4.43. The molecule has 31 heavy (non-hydrogen) atoms. The van der Waals surface area contributed by atoms with Crippen LogP contribution < -0.4 is 20.9 Å². The highest BCUT2D eigenvalue weighted by molar-refractivity contribution is 5.77. The van der Waals surface area contributed by atoms with Crippen molar-refractivity contribution >= 4 is 22.8 Å². The van der Waals surface area contributed by atoms with Crippen molar-refractivity contribution in [3.8, 4) is 5.75 Å². The first kappa shape index (κ1) is 19.2. The summed E-state index contributed by atoms with van der Waals surface area (Å²) in [5, 5.41) is 0. The van der Waals surface area contributed by atoms with Gasteiger partial charge in [0.2, 0.25) is 5.95 Å². The molecule has 1 aliphatic rings. The molecule has 8 heteroatoms. The van der Waals surface area contributed by atoms with E-state index in [1.165, 1.54) is 17.2 Å². The SMILES string of the molecule is Cc1ccccc1COc1ccc(N2CCn3c2nc2c3c(=O)n(C)c(=O)n2C)cc1. The van der Waals surface area contributed by atoms with Gasteiger partial charge in [0.05, 0.1) is 0 Å². The van der Waals surface area contributed by atoms with Gasteiger partial charge in [0.1, 0.15) is 12.4 Å². The molecule has 3 heterocycles. The van der Waals surface area contributed by atoms with Crippen LogP contribution in [0.4, 0.5) is 11.6 Å². The lowest BCUT2D eigenvalue weighted by atomic mass is 10.1. The number of rotatable bonds is 4. The first-order valence-electron chi connectivity index (χ1n) is 10.2. The minimum absolute atomic E-state index is 0.321. The third kappa shape index (κ3) is 3.02. The first-order chi connectivity index (χ1) is 15.0. The number of aryl methyl sites for hydroxylation is 2. The quantitative estimate of drug-likeness (QED) is 0.510. The number of ether oxygens (including phenoxy) is 1. The van der Waals surface area contributed by atoms with Gasteiger partial charge in [-0.05, 0) is 42.3 Å². The van der Waals surface area contributed by atoms with Crippen LogP contribution in [0.3, 0.4) is 0 Å². The predicted molar refractivity (Wildman–Crippen MR) is 119 cm³/mol. The van der Waals surface area contributed by atoms with Gasteiger partial charge in [0, 0.05) is 32.9 Å². The van der Waals surface area contributed by atoms with Gasteiger partial charge < -0.3 is 14.2 Å². The van der Waals surface area contributed by atoms with Gasteiger partial charge in [-0.3, -0.25) is 13.9 Å². The molecule has 158 valence electrons. The van der Waals surface area contributed by atoms with E-state index in [0.717, 1.165) is 21.6 Å². The van der Waals surface area contributed by atoms with Crippen LogP contribution in [-0.4, -0.2) is 25.2 Å². The molecule has 1 aliphatic heterocycles. The van der Waals surface area contributed by atoms with E-state index in [1.807, 2.05) is 41.0 Å². The summed E-state index contributed by atoms with van der Waals surface area (Å²) in [6, 6.07) is 16.0. The predicted octanol–water partition coefficient (Wildman–Crippen LogP) is 2.47. The standard InChI is InChI=1S/C23H23N5O3/c1-15-6-4-5-7-16(15)14-31-18-10-8-17(9-11-18)27-12-13-28-19-20(24-22(27)28)25(2)23(30)26(3)21(19)29/h4-11H,12-14H2,1-3H3. The van der Waals surface area contributed by atoms with E-state index in [1.54, 1.807) is 7.05 Å². The van der Waals surface area contributed by atoms with Crippen molar-refractivity contribution in [2.75, 3.05) is 11.4 Å². The van der Waals surface area contributed by atoms with E-state index in [-0.39, 0.29) is 11.2 Å². The van der Waals surface area contributed by atoms with Crippen LogP contribution in [-0.2, 0) is 27.2 Å². The van der Waals surface area contributed by atoms with Crippen molar-refractivity contribution in [1.82, 2.24) is 18.7 Å². The normalized spacial score (nSPS) is 13.1. The number of benzene rings is 2. The lowest BCUT2D eigenvalue weighted by molar-refractivity contribution is 0.305. The highest BCUT2D eigenvalue weighted by atomic mass is 16.5. The molecule has 0 saturated carbocycles. The molecule has 0 aliphatic carbocycles. The number of hydrogen-bond acceptors (Lipinski definition) is 5. The molecule has 2 aromatic heterocycles. The van der Waals surface area contributed by atoms with Crippen molar-refractivity contribution in [2.24, 2.45) is 14.1 Å². The molecule has 0 radical (unpaired) electrons. The Labute approximate surface area is 178 Å². The highest BCUT2D eigenvalue weighted by Crippen LogP contribution is 2.32. The van der Waals surface area contributed by atoms with Crippen molar-refractivity contribution in [2.45, 2.75) is 20.1 Å². The highest BCUT2D eigenvalue weighted by Gasteiger charge is 2.28. The van der Waals surface area contributed by atoms with Crippen LogP contribution in [0.5, 0.6) is 5.75 Å². The molecule has 0 atom stereocenters. The largest absolute Gasteiger partial charge is 0.489 e. The maximum Gasteiger partial charge on any atom is 0.332 e. The molecule has 8 nitrogen and oxygen atoms in total. The Hall–Kier alpha value is -3.81. The molecule has 0 unspecified atom stereocenters. The van der Waals surface area contributed by atoms with Crippen LogP contribution in [0.25, 0.3) is 11.2 Å². The van der Waals surface area contributed by atoms with Gasteiger partial charge in [0.15, 0.2) is 11.2 Å². The molecular weight excluding hydrogens is 394 g/mol. The number of anilines is 2. The molecule has 5 rings (SSSR count). The van der Waals surface area contributed by atoms with Gasteiger partial charge >= 0.3 is 5.69 Å². The minimum Gasteiger partial charge on any atom is -0.489 e. The van der Waals surface area contributed by atoms with Gasteiger partial charge in [-0.25, -0.2) is 4.79 Å². The van der Waals surface area contributed by atoms with E-state index in [0.29, 0.717) is 36.8 Å². The smallest absolute Gasteiger partial charge is 0.332 e. The second-order valence-corrected chi connectivity index (χ2v) is 7.80. The van der Waals surface area contributed by atoms with Gasteiger partial charge in [-0.1, -0.05) is 24.3 Å². The van der Waals surface area contributed by atoms with Crippen LogP contribution in [0.1, 0.15) is 11.1 Å². The molecule has 0 amide bonds. The van der Waals surface area contributed by atoms with Crippen molar-refractivity contribution in [3.05, 3.63) is 80.5 Å². The van der Waals surface area contributed by atoms with Crippen LogP contribution >= 0.6 is 0 Å². The number of fused-ring (bicyclic) bond motifs is 3. The fraction of sp³-hybridized carbons (Fsp3) is 0.261. The van der Waals surface area contributed by atoms with Gasteiger partial charge in [-0.2, -0.15) is 4.98 Å². The summed E-state index contributed by atoms with van der Waals surface area (Å²) < 4.78 is 10.4. The lowest BCUT2D eigenvalue weighted by Crippen LogP contribution is -2.37. The van der Waals surface area contributed by atoms with Crippen molar-refractivity contribution < 1.29 is 4.74 Å². The summed E-state index contributed by atoms with van der Waals surface area (Å²) in [4.78, 5) is 31.6. The molecule has 0 bridgehead atoms. The van der Waals surface area contributed by atoms with Crippen LogP contribution in [0.2, 0.25) is 0 Å². The summed E-state index contributed by atoms with van der Waals surface area (Å²) in [6.07, 6.45) is 0. The Morgan fingerprint density at radius 3 is 2.45 bits per heavy atom. The average Bonchev–Trinajstić information content (AvgIpc) is 3.36. The number of aromatic nitrogens is 4. The number of hydrogen-bond donors (Lipinski definition) is 0. The Morgan fingerprint density at radius 1 is 0.968 bits per heavy atom. The monoisotopic (exact) mass is 417 g/mol. The number of nitrogens with zero attached hydrogens (tertiary/aromatic N) is 5. The Bertz CT molecular complexity index is 1410. The van der Waals surface area contributed by atoms with E-state index < -0.39 is 0 Å². The zero-order valence-corrected chi connectivity index (χ0v) is 17.7. The van der Waals surface area contributed by atoms with E-state index in [4.69, 9.17) is 4.74 Å². The van der Waals surface area contributed by atoms with Crippen molar-refractivity contribution in [1.29, 1.82) is 0 Å². The molecule has 0 saturated heterocycles. The second-order valence-electron chi connectivity index (χ2n) is 7.80. The van der Waals surface area contributed by atoms with Gasteiger partial charge in [0.25, 0.3) is 5.56 Å². The van der Waals surface area contributed by atoms with E-state index >= 15 is 0 Å². The Morgan fingerprint density at radius 2 is 1.71 bits per heavy atom. The summed E-state index contributed by atoms with van der Waals surface area (Å²) in [5.74, 6) is 1.46. The maximum atomic E-state index is 12.7. The number of imidazole rings is 1. The third-order valence-electron chi connectivity index (χ3n) is 5.92. The fourth-order valence-corrected chi connectivity index (χ4v) is 4.05. The zero-order valence-electron chi connectivity index (χ0n) is 17.7. The minimum atomic E-state index is -0.379. The van der Waals surface area contributed by atoms with Crippen molar-refractivity contribution in [3.63, 3.8) is 0 Å². The third-order valence-corrected chi connectivity index (χ3v) is 5.92. The molecule has 4 aromatic rings. The fourth-order valence-electron chi connectivity index (χ4n) is 4.05. The summed E-state index contributed by atoms with van der Waals surface area (Å²) in [6.45, 7) is 3.92. The Balaban J connectivity index is 1.43. The average molecular weight is 417 g/mol. The molecule has 0 N–H and O–H groups in total. The molecule has 2 aromatic carbocycles. The van der Waals surface area contributed by atoms with E-state index in [2.05, 4.69) is 28.9 Å². The topological polar surface area (TPSA) is 74.3 Å². The van der Waals surface area contributed by atoms with Gasteiger partial charge in [-0.15, -0.1) is 0 Å². The maximum absolute atomic E-state index is 12.7. The summed E-state index contributed by atoms with van der Waals surface area (Å²) >= 11 is 0. The summed E-state index contributed by atoms with van der Waals surface area (Å²) in [5.41, 5.74) is 3.49. The zero-order chi connectivity index (χ0) is 21.7. The second kappa shape index (κ2) is 7.16. The van der Waals surface area contributed by atoms with E-state index in [9.17, 15) is 9.59 Å². The molecular formula is C23H23N5O3. The molecule has 0 fully saturated rings. The summed E-state index contributed by atoms with van der Waals surface area (Å²) in [7, 11) is 3.13. The van der Waals surface area contributed by atoms with Crippen LogP contribution in [0, 0.1) is 6.92 Å². The first-order valence-corrected chi connectivity index (χ1v) is 10.2. The lowest BCUT2D eigenvalue weighted by Gasteiger charge is -2.16. The molecule has 0 spiro atoms.